The van der Waals surface area contributed by atoms with Gasteiger partial charge in [-0.05, 0) is 13.0 Å². The van der Waals surface area contributed by atoms with Crippen LogP contribution in [-0.4, -0.2) is 54.2 Å². The molecular weight excluding hydrogens is 310 g/mol. The summed E-state index contributed by atoms with van der Waals surface area (Å²) in [7, 11) is 0. The Morgan fingerprint density at radius 2 is 2.26 bits per heavy atom. The Hall–Kier alpha value is -0.750. The Bertz CT molecular complexity index is 452. The standard InChI is InChI=1S/C14H18BrNO3/c1-10-9-19-11(8-17)6-16(10)7-14(18)12-4-2-3-5-13(12)15/h2-5,10-11,17H,6-9H2,1H3. The molecule has 1 aliphatic rings. The van der Waals surface area contributed by atoms with E-state index in [-0.39, 0.29) is 24.5 Å². The van der Waals surface area contributed by atoms with Crippen molar-refractivity contribution in [2.75, 3.05) is 26.3 Å². The number of Topliss-reactive ketones (excluding diaryl/α,β-unsaturated/α-hetero) is 1. The van der Waals surface area contributed by atoms with Gasteiger partial charge in [0.25, 0.3) is 0 Å². The van der Waals surface area contributed by atoms with Crippen LogP contribution in [0.2, 0.25) is 0 Å². The molecule has 1 aliphatic heterocycles. The van der Waals surface area contributed by atoms with E-state index in [1.807, 2.05) is 31.2 Å². The fourth-order valence-electron chi connectivity index (χ4n) is 2.16. The summed E-state index contributed by atoms with van der Waals surface area (Å²) in [6, 6.07) is 7.62. The van der Waals surface area contributed by atoms with Gasteiger partial charge >= 0.3 is 0 Å². The zero-order chi connectivity index (χ0) is 13.8. The highest BCUT2D eigenvalue weighted by atomic mass is 79.9. The first-order valence-electron chi connectivity index (χ1n) is 6.36. The van der Waals surface area contributed by atoms with Crippen molar-refractivity contribution in [3.8, 4) is 0 Å². The van der Waals surface area contributed by atoms with E-state index in [0.29, 0.717) is 25.3 Å². The SMILES string of the molecule is CC1COC(CO)CN1CC(=O)c1ccccc1Br. The van der Waals surface area contributed by atoms with Gasteiger partial charge in [0, 0.05) is 22.6 Å². The fraction of sp³-hybridized carbons (Fsp3) is 0.500. The zero-order valence-corrected chi connectivity index (χ0v) is 12.5. The maximum absolute atomic E-state index is 12.3. The number of benzene rings is 1. The van der Waals surface area contributed by atoms with E-state index in [4.69, 9.17) is 9.84 Å². The predicted octanol–water partition coefficient (Wildman–Crippen LogP) is 1.71. The van der Waals surface area contributed by atoms with Crippen molar-refractivity contribution >= 4 is 21.7 Å². The van der Waals surface area contributed by atoms with E-state index in [0.717, 1.165) is 4.47 Å². The summed E-state index contributed by atoms with van der Waals surface area (Å²) in [4.78, 5) is 14.4. The number of carbonyl (C=O) groups excluding carboxylic acids is 1. The monoisotopic (exact) mass is 327 g/mol. The van der Waals surface area contributed by atoms with Gasteiger partial charge in [-0.2, -0.15) is 0 Å². The molecule has 2 atom stereocenters. The fourth-order valence-corrected chi connectivity index (χ4v) is 2.67. The maximum atomic E-state index is 12.3. The highest BCUT2D eigenvalue weighted by Gasteiger charge is 2.27. The molecule has 4 nitrogen and oxygen atoms in total. The number of halogens is 1. The van der Waals surface area contributed by atoms with Crippen molar-refractivity contribution in [3.63, 3.8) is 0 Å². The Balaban J connectivity index is 2.03. The van der Waals surface area contributed by atoms with Crippen LogP contribution in [-0.2, 0) is 4.74 Å². The Morgan fingerprint density at radius 3 is 2.95 bits per heavy atom. The summed E-state index contributed by atoms with van der Waals surface area (Å²) in [6.07, 6.45) is -0.191. The van der Waals surface area contributed by atoms with Crippen LogP contribution in [0.4, 0.5) is 0 Å². The molecule has 0 aromatic heterocycles. The minimum atomic E-state index is -0.191. The predicted molar refractivity (Wildman–Crippen MR) is 76.3 cm³/mol. The number of rotatable bonds is 4. The number of morpholine rings is 1. The summed E-state index contributed by atoms with van der Waals surface area (Å²) < 4.78 is 6.29. The van der Waals surface area contributed by atoms with Crippen LogP contribution in [0.15, 0.2) is 28.7 Å². The van der Waals surface area contributed by atoms with Gasteiger partial charge in [-0.3, -0.25) is 9.69 Å². The molecule has 1 aromatic rings. The van der Waals surface area contributed by atoms with Crippen molar-refractivity contribution in [2.45, 2.75) is 19.1 Å². The number of ketones is 1. The van der Waals surface area contributed by atoms with Gasteiger partial charge < -0.3 is 9.84 Å². The quantitative estimate of drug-likeness (QED) is 0.855. The first kappa shape index (κ1) is 14.7. The average Bonchev–Trinajstić information content (AvgIpc) is 2.41. The maximum Gasteiger partial charge on any atom is 0.177 e. The molecule has 0 amide bonds. The smallest absolute Gasteiger partial charge is 0.177 e. The summed E-state index contributed by atoms with van der Waals surface area (Å²) >= 11 is 3.40. The van der Waals surface area contributed by atoms with Gasteiger partial charge in [0.2, 0.25) is 0 Å². The van der Waals surface area contributed by atoms with E-state index in [1.165, 1.54) is 0 Å². The molecule has 1 fully saturated rings. The number of hydrogen-bond acceptors (Lipinski definition) is 4. The summed E-state index contributed by atoms with van der Waals surface area (Å²) in [5.74, 6) is 0.0814. The second kappa shape index (κ2) is 6.61. The third-order valence-corrected chi connectivity index (χ3v) is 4.05. The lowest BCUT2D eigenvalue weighted by Crippen LogP contribution is -2.51. The first-order valence-corrected chi connectivity index (χ1v) is 7.15. The number of aliphatic hydroxyl groups excluding tert-OH is 1. The molecule has 1 saturated heterocycles. The summed E-state index contributed by atoms with van der Waals surface area (Å²) in [6.45, 7) is 3.51. The van der Waals surface area contributed by atoms with Crippen LogP contribution in [0, 0.1) is 0 Å². The summed E-state index contributed by atoms with van der Waals surface area (Å²) in [5, 5.41) is 9.15. The molecule has 5 heteroatoms. The van der Waals surface area contributed by atoms with Gasteiger partial charge in [0.1, 0.15) is 0 Å². The molecule has 1 N–H and O–H groups in total. The molecule has 0 radical (unpaired) electrons. The summed E-state index contributed by atoms with van der Waals surface area (Å²) in [5.41, 5.74) is 0.696. The third kappa shape index (κ3) is 3.63. The molecule has 1 aromatic carbocycles. The van der Waals surface area contributed by atoms with Gasteiger partial charge in [-0.1, -0.05) is 34.1 Å². The molecule has 1 heterocycles. The lowest BCUT2D eigenvalue weighted by atomic mass is 10.1. The Kier molecular flexibility index (Phi) is 5.10. The second-order valence-electron chi connectivity index (χ2n) is 4.82. The normalized spacial score (nSPS) is 24.4. The van der Waals surface area contributed by atoms with Crippen LogP contribution >= 0.6 is 15.9 Å². The molecule has 0 saturated carbocycles. The van der Waals surface area contributed by atoms with E-state index in [1.54, 1.807) is 0 Å². The Labute approximate surface area is 121 Å². The van der Waals surface area contributed by atoms with Crippen LogP contribution < -0.4 is 0 Å². The molecule has 104 valence electrons. The highest BCUT2D eigenvalue weighted by molar-refractivity contribution is 9.10. The number of carbonyl (C=O) groups is 1. The van der Waals surface area contributed by atoms with Crippen LogP contribution in [0.1, 0.15) is 17.3 Å². The molecule has 0 spiro atoms. The van der Waals surface area contributed by atoms with Crippen molar-refractivity contribution < 1.29 is 14.6 Å². The third-order valence-electron chi connectivity index (χ3n) is 3.36. The lowest BCUT2D eigenvalue weighted by Gasteiger charge is -2.36. The van der Waals surface area contributed by atoms with Crippen molar-refractivity contribution in [3.05, 3.63) is 34.3 Å². The molecule has 19 heavy (non-hydrogen) atoms. The average molecular weight is 328 g/mol. The molecule has 0 aliphatic carbocycles. The molecular formula is C14H18BrNO3. The van der Waals surface area contributed by atoms with E-state index in [2.05, 4.69) is 20.8 Å². The molecule has 2 unspecified atom stereocenters. The van der Waals surface area contributed by atoms with Crippen molar-refractivity contribution in [1.29, 1.82) is 0 Å². The zero-order valence-electron chi connectivity index (χ0n) is 10.9. The topological polar surface area (TPSA) is 49.8 Å². The minimum Gasteiger partial charge on any atom is -0.394 e. The van der Waals surface area contributed by atoms with Gasteiger partial charge in [0.05, 0.1) is 25.9 Å². The minimum absolute atomic E-state index is 0.00750. The van der Waals surface area contributed by atoms with E-state index < -0.39 is 0 Å². The van der Waals surface area contributed by atoms with Gasteiger partial charge in [0.15, 0.2) is 5.78 Å². The van der Waals surface area contributed by atoms with Gasteiger partial charge in [-0.25, -0.2) is 0 Å². The second-order valence-corrected chi connectivity index (χ2v) is 5.67. The van der Waals surface area contributed by atoms with Gasteiger partial charge in [-0.15, -0.1) is 0 Å². The van der Waals surface area contributed by atoms with Crippen molar-refractivity contribution in [1.82, 2.24) is 4.90 Å². The van der Waals surface area contributed by atoms with E-state index in [9.17, 15) is 4.79 Å². The van der Waals surface area contributed by atoms with Crippen LogP contribution in [0.3, 0.4) is 0 Å². The lowest BCUT2D eigenvalue weighted by molar-refractivity contribution is -0.0747. The Morgan fingerprint density at radius 1 is 1.53 bits per heavy atom. The molecule has 2 rings (SSSR count). The largest absolute Gasteiger partial charge is 0.394 e. The number of hydrogen-bond donors (Lipinski definition) is 1. The van der Waals surface area contributed by atoms with Crippen LogP contribution in [0.5, 0.6) is 0 Å². The van der Waals surface area contributed by atoms with Crippen LogP contribution in [0.25, 0.3) is 0 Å². The first-order chi connectivity index (χ1) is 9.11. The number of aliphatic hydroxyl groups is 1. The van der Waals surface area contributed by atoms with E-state index >= 15 is 0 Å². The van der Waals surface area contributed by atoms with Crippen molar-refractivity contribution in [2.24, 2.45) is 0 Å². The number of nitrogens with zero attached hydrogens (tertiary/aromatic N) is 1. The number of ether oxygens (including phenoxy) is 1. The highest BCUT2D eigenvalue weighted by Crippen LogP contribution is 2.18. The molecule has 0 bridgehead atoms.